The van der Waals surface area contributed by atoms with Crippen molar-refractivity contribution >= 4 is 6.03 Å². The van der Waals surface area contributed by atoms with Crippen LogP contribution in [0, 0.1) is 5.82 Å². The van der Waals surface area contributed by atoms with Crippen molar-refractivity contribution in [1.29, 1.82) is 0 Å². The lowest BCUT2D eigenvalue weighted by Crippen LogP contribution is -2.43. The molecule has 2 aromatic carbocycles. The lowest BCUT2D eigenvalue weighted by atomic mass is 10.1. The molecule has 28 heavy (non-hydrogen) atoms. The van der Waals surface area contributed by atoms with Crippen LogP contribution in [-0.2, 0) is 13.5 Å². The molecule has 0 saturated heterocycles. The van der Waals surface area contributed by atoms with Crippen molar-refractivity contribution in [2.24, 2.45) is 7.05 Å². The maximum absolute atomic E-state index is 14.4. The van der Waals surface area contributed by atoms with Crippen LogP contribution in [0.5, 0.6) is 0 Å². The van der Waals surface area contributed by atoms with Crippen molar-refractivity contribution in [3.05, 3.63) is 89.8 Å². The molecule has 2 N–H and O–H groups in total. The number of carbonyl (C=O) groups is 1. The summed E-state index contributed by atoms with van der Waals surface area (Å²) in [6.45, 7) is 1.96. The zero-order chi connectivity index (χ0) is 19.9. The molecule has 0 bridgehead atoms. The van der Waals surface area contributed by atoms with E-state index in [1.54, 1.807) is 35.2 Å². The molecular weight excluding hydrogens is 355 g/mol. The summed E-state index contributed by atoms with van der Waals surface area (Å²) in [4.78, 5) is 16.9. The van der Waals surface area contributed by atoms with Crippen LogP contribution < -0.4 is 10.6 Å². The van der Waals surface area contributed by atoms with Gasteiger partial charge < -0.3 is 15.2 Å². The molecule has 2 amide bonds. The molecule has 0 aliphatic rings. The first-order chi connectivity index (χ1) is 13.5. The zero-order valence-corrected chi connectivity index (χ0v) is 16.1. The van der Waals surface area contributed by atoms with Crippen molar-refractivity contribution < 1.29 is 9.18 Å². The molecule has 1 aromatic heterocycles. The molecule has 6 heteroatoms. The Kier molecular flexibility index (Phi) is 6.42. The third-order valence-corrected chi connectivity index (χ3v) is 4.69. The van der Waals surface area contributed by atoms with Gasteiger partial charge in [0.05, 0.1) is 0 Å². The number of hydrogen-bond donors (Lipinski definition) is 2. The van der Waals surface area contributed by atoms with E-state index >= 15 is 0 Å². The second-order valence-electron chi connectivity index (χ2n) is 6.89. The molecule has 3 aromatic rings. The van der Waals surface area contributed by atoms with Crippen LogP contribution in [0.15, 0.2) is 67.0 Å². The molecule has 146 valence electrons. The monoisotopic (exact) mass is 380 g/mol. The van der Waals surface area contributed by atoms with Gasteiger partial charge in [-0.2, -0.15) is 0 Å². The van der Waals surface area contributed by atoms with Crippen molar-refractivity contribution in [3.63, 3.8) is 0 Å². The van der Waals surface area contributed by atoms with E-state index < -0.39 is 6.04 Å². The van der Waals surface area contributed by atoms with Crippen LogP contribution in [0.1, 0.15) is 36.3 Å². The highest BCUT2D eigenvalue weighted by Crippen LogP contribution is 2.23. The van der Waals surface area contributed by atoms with Crippen molar-refractivity contribution in [3.8, 4) is 0 Å². The first-order valence-electron chi connectivity index (χ1n) is 9.37. The molecule has 1 heterocycles. The van der Waals surface area contributed by atoms with E-state index in [1.165, 1.54) is 11.6 Å². The fourth-order valence-corrected chi connectivity index (χ4v) is 3.14. The minimum Gasteiger partial charge on any atom is -0.336 e. The average Bonchev–Trinajstić information content (AvgIpc) is 3.12. The van der Waals surface area contributed by atoms with E-state index in [4.69, 9.17) is 0 Å². The molecule has 0 saturated carbocycles. The van der Waals surface area contributed by atoms with E-state index in [9.17, 15) is 9.18 Å². The van der Waals surface area contributed by atoms with E-state index in [2.05, 4.69) is 27.8 Å². The van der Waals surface area contributed by atoms with Gasteiger partial charge >= 0.3 is 6.03 Å². The Bertz CT molecular complexity index is 910. The quantitative estimate of drug-likeness (QED) is 0.652. The number of amides is 2. The number of nitrogens with zero attached hydrogens (tertiary/aromatic N) is 2. The molecule has 0 aliphatic heterocycles. The summed E-state index contributed by atoms with van der Waals surface area (Å²) in [7, 11) is 1.82. The Morgan fingerprint density at radius 1 is 1.11 bits per heavy atom. The van der Waals surface area contributed by atoms with Crippen LogP contribution in [-0.4, -0.2) is 21.6 Å². The standard InChI is InChI=1S/C22H25FN4O/c1-16(12-13-17-8-4-3-5-9-17)25-22(28)26-20(21-24-14-15-27(21)2)18-10-6-7-11-19(18)23/h3-11,14-16,20H,12-13H2,1-2H3,(H2,25,26,28)/t16-,20-/m1/s1. The van der Waals surface area contributed by atoms with Gasteiger partial charge in [0.1, 0.15) is 17.7 Å². The normalized spacial score (nSPS) is 13.0. The Hall–Kier alpha value is -3.15. The Balaban J connectivity index is 1.66. The molecule has 5 nitrogen and oxygen atoms in total. The summed E-state index contributed by atoms with van der Waals surface area (Å²) < 4.78 is 16.1. The molecule has 0 spiro atoms. The number of aryl methyl sites for hydroxylation is 2. The highest BCUT2D eigenvalue weighted by atomic mass is 19.1. The first-order valence-corrected chi connectivity index (χ1v) is 9.37. The lowest BCUT2D eigenvalue weighted by molar-refractivity contribution is 0.234. The van der Waals surface area contributed by atoms with E-state index in [-0.39, 0.29) is 17.9 Å². The maximum Gasteiger partial charge on any atom is 0.315 e. The smallest absolute Gasteiger partial charge is 0.315 e. The Labute approximate surface area is 164 Å². The van der Waals surface area contributed by atoms with Gasteiger partial charge in [0.25, 0.3) is 0 Å². The lowest BCUT2D eigenvalue weighted by Gasteiger charge is -2.22. The molecule has 2 atom stereocenters. The molecular formula is C22H25FN4O. The number of halogens is 1. The summed E-state index contributed by atoms with van der Waals surface area (Å²) in [6.07, 6.45) is 5.08. The highest BCUT2D eigenvalue weighted by Gasteiger charge is 2.23. The molecule has 0 aliphatic carbocycles. The SMILES string of the molecule is C[C@H](CCc1ccccc1)NC(=O)N[C@H](c1ccccc1F)c1nccn1C. The second kappa shape index (κ2) is 9.17. The minimum atomic E-state index is -0.678. The van der Waals surface area contributed by atoms with Crippen LogP contribution >= 0.6 is 0 Å². The van der Waals surface area contributed by atoms with Gasteiger partial charge in [0.2, 0.25) is 0 Å². The predicted octanol–water partition coefficient (Wildman–Crippen LogP) is 3.97. The van der Waals surface area contributed by atoms with Gasteiger partial charge in [-0.15, -0.1) is 0 Å². The summed E-state index contributed by atoms with van der Waals surface area (Å²) in [6, 6.07) is 15.5. The van der Waals surface area contributed by atoms with Gasteiger partial charge in [-0.25, -0.2) is 14.2 Å². The number of hydrogen-bond acceptors (Lipinski definition) is 2. The zero-order valence-electron chi connectivity index (χ0n) is 16.1. The second-order valence-corrected chi connectivity index (χ2v) is 6.89. The average molecular weight is 380 g/mol. The van der Waals surface area contributed by atoms with Crippen LogP contribution in [0.3, 0.4) is 0 Å². The number of rotatable bonds is 7. The summed E-state index contributed by atoms with van der Waals surface area (Å²) in [5.41, 5.74) is 1.61. The summed E-state index contributed by atoms with van der Waals surface area (Å²) in [5.74, 6) is 0.185. The molecule has 3 rings (SSSR count). The van der Waals surface area contributed by atoms with Crippen molar-refractivity contribution in [2.75, 3.05) is 0 Å². The third kappa shape index (κ3) is 4.97. The van der Waals surface area contributed by atoms with E-state index in [0.717, 1.165) is 12.8 Å². The van der Waals surface area contributed by atoms with Gasteiger partial charge in [-0.1, -0.05) is 48.5 Å². The third-order valence-electron chi connectivity index (χ3n) is 4.69. The molecule has 0 unspecified atom stereocenters. The van der Waals surface area contributed by atoms with Crippen molar-refractivity contribution in [2.45, 2.75) is 31.8 Å². The Morgan fingerprint density at radius 2 is 1.82 bits per heavy atom. The topological polar surface area (TPSA) is 59.0 Å². The predicted molar refractivity (Wildman–Crippen MR) is 107 cm³/mol. The minimum absolute atomic E-state index is 0.0251. The fourth-order valence-electron chi connectivity index (χ4n) is 3.14. The largest absolute Gasteiger partial charge is 0.336 e. The van der Waals surface area contributed by atoms with Gasteiger partial charge in [0.15, 0.2) is 0 Å². The number of aromatic nitrogens is 2. The number of imidazole rings is 1. The number of benzene rings is 2. The van der Waals surface area contributed by atoms with E-state index in [0.29, 0.717) is 11.4 Å². The first kappa shape index (κ1) is 19.6. The number of nitrogens with one attached hydrogen (secondary N) is 2. The highest BCUT2D eigenvalue weighted by molar-refractivity contribution is 5.75. The molecule has 0 fully saturated rings. The molecule has 0 radical (unpaired) electrons. The van der Waals surface area contributed by atoms with Crippen LogP contribution in [0.25, 0.3) is 0 Å². The summed E-state index contributed by atoms with van der Waals surface area (Å²) >= 11 is 0. The Morgan fingerprint density at radius 3 is 2.50 bits per heavy atom. The van der Waals surface area contributed by atoms with E-state index in [1.807, 2.05) is 32.2 Å². The van der Waals surface area contributed by atoms with Crippen LogP contribution in [0.2, 0.25) is 0 Å². The fraction of sp³-hybridized carbons (Fsp3) is 0.273. The van der Waals surface area contributed by atoms with Gasteiger partial charge in [0, 0.05) is 31.0 Å². The maximum atomic E-state index is 14.4. The van der Waals surface area contributed by atoms with Gasteiger partial charge in [-0.3, -0.25) is 0 Å². The van der Waals surface area contributed by atoms with Crippen molar-refractivity contribution in [1.82, 2.24) is 20.2 Å². The summed E-state index contributed by atoms with van der Waals surface area (Å²) in [5, 5.41) is 5.81. The van der Waals surface area contributed by atoms with Gasteiger partial charge in [-0.05, 0) is 31.4 Å². The number of urea groups is 1. The van der Waals surface area contributed by atoms with Crippen LogP contribution in [0.4, 0.5) is 9.18 Å². The number of carbonyl (C=O) groups excluding carboxylic acids is 1.